The first kappa shape index (κ1) is 26.3. The number of rotatable bonds is 3. The molecule has 3 aromatic carbocycles. The predicted molar refractivity (Wildman–Crippen MR) is 143 cm³/mol. The van der Waals surface area contributed by atoms with Crippen LogP contribution in [0.15, 0.2) is 72.8 Å². The predicted octanol–water partition coefficient (Wildman–Crippen LogP) is 8.92. The molecule has 0 amide bonds. The molecule has 0 fully saturated rings. The number of hydrogen-bond acceptors (Lipinski definition) is 0. The standard InChI is InChI=1S/C21H12Cl9P/c22-19(23,24)13-4-1-7-16(10-13)31(17-8-2-5-14(11-17)20(25,26)27)18-9-3-6-15(12-18)21(28,29)30/h1-12H. The highest BCUT2D eigenvalue weighted by molar-refractivity contribution is 7.79. The zero-order valence-electron chi connectivity index (χ0n) is 15.3. The maximum absolute atomic E-state index is 6.13. The molecule has 0 spiro atoms. The van der Waals surface area contributed by atoms with Crippen LogP contribution in [0.4, 0.5) is 0 Å². The van der Waals surface area contributed by atoms with Crippen molar-refractivity contribution < 1.29 is 0 Å². The van der Waals surface area contributed by atoms with Crippen molar-refractivity contribution in [2.75, 3.05) is 0 Å². The van der Waals surface area contributed by atoms with Gasteiger partial charge in [-0.2, -0.15) is 0 Å². The highest BCUT2D eigenvalue weighted by Crippen LogP contribution is 2.43. The normalized spacial score (nSPS) is 13.0. The van der Waals surface area contributed by atoms with Crippen molar-refractivity contribution in [2.24, 2.45) is 0 Å². The molecule has 0 aliphatic carbocycles. The molecule has 0 aliphatic heterocycles. The molecular formula is C21H12Cl9P. The Morgan fingerprint density at radius 3 is 0.903 bits per heavy atom. The number of alkyl halides is 9. The summed E-state index contributed by atoms with van der Waals surface area (Å²) in [4.78, 5) is 0. The third-order valence-electron chi connectivity index (χ3n) is 4.30. The van der Waals surface area contributed by atoms with Gasteiger partial charge in [0.2, 0.25) is 11.4 Å². The fourth-order valence-electron chi connectivity index (χ4n) is 2.91. The van der Waals surface area contributed by atoms with Crippen molar-refractivity contribution in [3.8, 4) is 0 Å². The van der Waals surface area contributed by atoms with E-state index in [-0.39, 0.29) is 0 Å². The Balaban J connectivity index is 2.24. The van der Waals surface area contributed by atoms with E-state index in [1.54, 1.807) is 18.2 Å². The summed E-state index contributed by atoms with van der Waals surface area (Å²) < 4.78 is -4.72. The van der Waals surface area contributed by atoms with Crippen molar-refractivity contribution in [1.82, 2.24) is 0 Å². The fourth-order valence-corrected chi connectivity index (χ4v) is 6.37. The molecule has 0 aromatic heterocycles. The molecule has 0 heterocycles. The van der Waals surface area contributed by atoms with E-state index in [2.05, 4.69) is 0 Å². The van der Waals surface area contributed by atoms with Gasteiger partial charge in [-0.25, -0.2) is 0 Å². The van der Waals surface area contributed by atoms with Crippen molar-refractivity contribution in [3.05, 3.63) is 89.5 Å². The highest BCUT2D eigenvalue weighted by Gasteiger charge is 2.29. The van der Waals surface area contributed by atoms with Crippen LogP contribution in [0.25, 0.3) is 0 Å². The summed E-state index contributed by atoms with van der Waals surface area (Å²) in [5.74, 6) is 0. The maximum Gasteiger partial charge on any atom is 0.216 e. The Kier molecular flexibility index (Phi) is 8.60. The summed E-state index contributed by atoms with van der Waals surface area (Å²) in [6, 6.07) is 22.2. The van der Waals surface area contributed by atoms with Crippen LogP contribution in [0.2, 0.25) is 0 Å². The zero-order chi connectivity index (χ0) is 23.0. The van der Waals surface area contributed by atoms with Gasteiger partial charge in [0, 0.05) is 16.7 Å². The summed E-state index contributed by atoms with van der Waals surface area (Å²) in [7, 11) is -1.16. The van der Waals surface area contributed by atoms with Gasteiger partial charge in [0.25, 0.3) is 0 Å². The van der Waals surface area contributed by atoms with Gasteiger partial charge in [0.1, 0.15) is 0 Å². The summed E-state index contributed by atoms with van der Waals surface area (Å²) in [5.41, 5.74) is 1.62. The van der Waals surface area contributed by atoms with Gasteiger partial charge in [0.05, 0.1) is 0 Å². The van der Waals surface area contributed by atoms with Gasteiger partial charge in [-0.15, -0.1) is 0 Å². The van der Waals surface area contributed by atoms with Crippen molar-refractivity contribution in [1.29, 1.82) is 0 Å². The summed E-state index contributed by atoms with van der Waals surface area (Å²) in [6.45, 7) is 0. The summed E-state index contributed by atoms with van der Waals surface area (Å²) >= 11 is 55.2. The van der Waals surface area contributed by atoms with Crippen LogP contribution >= 0.6 is 112 Å². The Labute approximate surface area is 227 Å². The first-order valence-electron chi connectivity index (χ1n) is 8.59. The third kappa shape index (κ3) is 6.86. The molecule has 0 radical (unpaired) electrons. The molecule has 0 unspecified atom stereocenters. The number of hydrogen-bond donors (Lipinski definition) is 0. The van der Waals surface area contributed by atoms with Gasteiger partial charge in [0.15, 0.2) is 0 Å². The quantitative estimate of drug-likeness (QED) is 0.204. The van der Waals surface area contributed by atoms with Crippen molar-refractivity contribution >= 4 is 128 Å². The number of halogens is 9. The molecule has 164 valence electrons. The van der Waals surface area contributed by atoms with E-state index in [1.165, 1.54) is 0 Å². The lowest BCUT2D eigenvalue weighted by atomic mass is 10.2. The Morgan fingerprint density at radius 1 is 0.419 bits per heavy atom. The topological polar surface area (TPSA) is 0 Å². The van der Waals surface area contributed by atoms with Crippen molar-refractivity contribution in [2.45, 2.75) is 11.4 Å². The average molecular weight is 614 g/mol. The third-order valence-corrected chi connectivity index (χ3v) is 8.64. The van der Waals surface area contributed by atoms with E-state index in [0.717, 1.165) is 15.9 Å². The van der Waals surface area contributed by atoms with E-state index in [1.807, 2.05) is 54.6 Å². The van der Waals surface area contributed by atoms with Gasteiger partial charge in [-0.1, -0.05) is 159 Å². The van der Waals surface area contributed by atoms with Crippen LogP contribution in [0.1, 0.15) is 16.7 Å². The zero-order valence-corrected chi connectivity index (χ0v) is 23.0. The fraction of sp³-hybridized carbons (Fsp3) is 0.143. The van der Waals surface area contributed by atoms with Crippen LogP contribution in [0.3, 0.4) is 0 Å². The molecule has 3 rings (SSSR count). The lowest BCUT2D eigenvalue weighted by Gasteiger charge is -2.24. The molecule has 0 saturated heterocycles. The molecule has 0 nitrogen and oxygen atoms in total. The minimum atomic E-state index is -1.57. The molecule has 3 aromatic rings. The Morgan fingerprint density at radius 2 is 0.677 bits per heavy atom. The smallest absolute Gasteiger partial charge is 0.0784 e. The molecule has 0 atom stereocenters. The molecule has 0 N–H and O–H groups in total. The largest absolute Gasteiger partial charge is 0.216 e. The molecule has 0 saturated carbocycles. The highest BCUT2D eigenvalue weighted by atomic mass is 35.6. The second-order valence-electron chi connectivity index (χ2n) is 6.48. The molecule has 0 bridgehead atoms. The lowest BCUT2D eigenvalue weighted by molar-refractivity contribution is 1.25. The molecule has 0 aliphatic rings. The SMILES string of the molecule is ClC(Cl)(Cl)c1cccc(P(c2cccc(C(Cl)(Cl)Cl)c2)c2cccc(C(Cl)(Cl)Cl)c2)c1. The van der Waals surface area contributed by atoms with Crippen LogP contribution in [0, 0.1) is 0 Å². The van der Waals surface area contributed by atoms with Crippen LogP contribution in [-0.2, 0) is 11.4 Å². The van der Waals surface area contributed by atoms with E-state index in [0.29, 0.717) is 16.7 Å². The molecular weight excluding hydrogens is 602 g/mol. The minimum absolute atomic E-state index is 0.539. The van der Waals surface area contributed by atoms with Crippen LogP contribution in [-0.4, -0.2) is 0 Å². The second kappa shape index (κ2) is 10.1. The monoisotopic (exact) mass is 610 g/mol. The lowest BCUT2D eigenvalue weighted by Crippen LogP contribution is -2.23. The average Bonchev–Trinajstić information content (AvgIpc) is 2.67. The van der Waals surface area contributed by atoms with Crippen LogP contribution < -0.4 is 15.9 Å². The van der Waals surface area contributed by atoms with E-state index in [4.69, 9.17) is 104 Å². The van der Waals surface area contributed by atoms with E-state index >= 15 is 0 Å². The first-order valence-corrected chi connectivity index (χ1v) is 13.3. The van der Waals surface area contributed by atoms with Crippen molar-refractivity contribution in [3.63, 3.8) is 0 Å². The van der Waals surface area contributed by atoms with E-state index < -0.39 is 19.3 Å². The van der Waals surface area contributed by atoms with E-state index in [9.17, 15) is 0 Å². The Bertz CT molecular complexity index is 928. The summed E-state index contributed by atoms with van der Waals surface area (Å²) in [6.07, 6.45) is 0. The molecule has 10 heteroatoms. The second-order valence-corrected chi connectivity index (χ2v) is 15.5. The Hall–Kier alpha value is 0.700. The van der Waals surface area contributed by atoms with Gasteiger partial charge >= 0.3 is 0 Å². The van der Waals surface area contributed by atoms with Gasteiger partial charge in [-0.05, 0) is 42.0 Å². The van der Waals surface area contributed by atoms with Gasteiger partial charge in [-0.3, -0.25) is 0 Å². The molecule has 31 heavy (non-hydrogen) atoms. The summed E-state index contributed by atoms with van der Waals surface area (Å²) in [5, 5.41) is 2.75. The van der Waals surface area contributed by atoms with Gasteiger partial charge < -0.3 is 0 Å². The van der Waals surface area contributed by atoms with Crippen LogP contribution in [0.5, 0.6) is 0 Å². The number of benzene rings is 3. The maximum atomic E-state index is 6.13. The first-order chi connectivity index (χ1) is 14.3. The minimum Gasteiger partial charge on any atom is -0.0784 e.